The SMILES string of the molecule is CCOC(CC)(CC)c1noc(C2CSCC2NC)n1. The number of rotatable bonds is 7. The Balaban J connectivity index is 2.22. The topological polar surface area (TPSA) is 60.2 Å². The second-order valence-corrected chi connectivity index (χ2v) is 6.20. The van der Waals surface area contributed by atoms with Gasteiger partial charge in [-0.05, 0) is 26.8 Å². The fraction of sp³-hybridized carbons (Fsp3) is 0.857. The van der Waals surface area contributed by atoms with Gasteiger partial charge in [-0.3, -0.25) is 0 Å². The Morgan fingerprint density at radius 2 is 2.10 bits per heavy atom. The van der Waals surface area contributed by atoms with Crippen LogP contribution in [0.3, 0.4) is 0 Å². The third-order valence-corrected chi connectivity index (χ3v) is 5.37. The number of ether oxygens (including phenoxy) is 1. The quantitative estimate of drug-likeness (QED) is 0.835. The zero-order valence-corrected chi connectivity index (χ0v) is 13.6. The van der Waals surface area contributed by atoms with Gasteiger partial charge in [-0.25, -0.2) is 0 Å². The molecule has 0 bridgehead atoms. The van der Waals surface area contributed by atoms with Crippen LogP contribution in [-0.2, 0) is 10.3 Å². The van der Waals surface area contributed by atoms with Gasteiger partial charge >= 0.3 is 0 Å². The standard InChI is InChI=1S/C14H25N3O2S/c1-5-14(6-2,18-7-3)13-16-12(19-17-13)10-8-20-9-11(10)15-4/h10-11,15H,5-9H2,1-4H3. The molecule has 1 saturated heterocycles. The summed E-state index contributed by atoms with van der Waals surface area (Å²) >= 11 is 1.93. The summed E-state index contributed by atoms with van der Waals surface area (Å²) in [5.41, 5.74) is -0.405. The average Bonchev–Trinajstić information content (AvgIpc) is 3.12. The van der Waals surface area contributed by atoms with Crippen LogP contribution in [0.2, 0.25) is 0 Å². The van der Waals surface area contributed by atoms with Crippen LogP contribution in [0.4, 0.5) is 0 Å². The second kappa shape index (κ2) is 6.91. The molecule has 1 N–H and O–H groups in total. The van der Waals surface area contributed by atoms with Crippen molar-refractivity contribution in [1.29, 1.82) is 0 Å². The van der Waals surface area contributed by atoms with Crippen molar-refractivity contribution in [2.75, 3.05) is 25.2 Å². The fourth-order valence-electron chi connectivity index (χ4n) is 2.76. The van der Waals surface area contributed by atoms with Crippen LogP contribution in [0.1, 0.15) is 51.2 Å². The van der Waals surface area contributed by atoms with Gasteiger partial charge in [-0.2, -0.15) is 16.7 Å². The highest BCUT2D eigenvalue weighted by Gasteiger charge is 2.38. The Bertz CT molecular complexity index is 420. The number of thioether (sulfide) groups is 1. The Hall–Kier alpha value is -0.590. The summed E-state index contributed by atoms with van der Waals surface area (Å²) < 4.78 is 11.5. The van der Waals surface area contributed by atoms with E-state index in [4.69, 9.17) is 9.26 Å². The van der Waals surface area contributed by atoms with Crippen LogP contribution in [0.25, 0.3) is 0 Å². The van der Waals surface area contributed by atoms with E-state index in [0.717, 1.165) is 30.2 Å². The molecule has 1 aromatic heterocycles. The lowest BCUT2D eigenvalue weighted by Gasteiger charge is -2.27. The first kappa shape index (κ1) is 15.8. The van der Waals surface area contributed by atoms with E-state index in [1.807, 2.05) is 25.7 Å². The van der Waals surface area contributed by atoms with Gasteiger partial charge in [0.05, 0.1) is 5.92 Å². The summed E-state index contributed by atoms with van der Waals surface area (Å²) in [5.74, 6) is 3.88. The van der Waals surface area contributed by atoms with Crippen molar-refractivity contribution < 1.29 is 9.26 Å². The molecule has 114 valence electrons. The average molecular weight is 299 g/mol. The third-order valence-electron chi connectivity index (χ3n) is 4.18. The summed E-state index contributed by atoms with van der Waals surface area (Å²) in [6.45, 7) is 6.88. The molecule has 1 aromatic rings. The molecule has 0 amide bonds. The Morgan fingerprint density at radius 1 is 1.35 bits per heavy atom. The zero-order chi connectivity index (χ0) is 14.6. The van der Waals surface area contributed by atoms with Crippen molar-refractivity contribution in [3.05, 3.63) is 11.7 Å². The smallest absolute Gasteiger partial charge is 0.232 e. The van der Waals surface area contributed by atoms with Gasteiger partial charge in [0.15, 0.2) is 0 Å². The van der Waals surface area contributed by atoms with Crippen molar-refractivity contribution in [3.63, 3.8) is 0 Å². The number of nitrogens with one attached hydrogen (secondary N) is 1. The first-order valence-corrected chi connectivity index (χ1v) is 8.59. The molecule has 0 aromatic carbocycles. The second-order valence-electron chi connectivity index (χ2n) is 5.13. The highest BCUT2D eigenvalue weighted by molar-refractivity contribution is 7.99. The van der Waals surface area contributed by atoms with Crippen molar-refractivity contribution in [2.24, 2.45) is 0 Å². The molecule has 0 spiro atoms. The number of nitrogens with zero attached hydrogens (tertiary/aromatic N) is 2. The highest BCUT2D eigenvalue weighted by atomic mass is 32.2. The molecular weight excluding hydrogens is 274 g/mol. The molecule has 2 heterocycles. The lowest BCUT2D eigenvalue weighted by molar-refractivity contribution is -0.0583. The molecule has 1 aliphatic heterocycles. The van der Waals surface area contributed by atoms with Crippen LogP contribution < -0.4 is 5.32 Å². The molecule has 20 heavy (non-hydrogen) atoms. The van der Waals surface area contributed by atoms with E-state index in [0.29, 0.717) is 24.4 Å². The summed E-state index contributed by atoms with van der Waals surface area (Å²) in [4.78, 5) is 4.67. The summed E-state index contributed by atoms with van der Waals surface area (Å²) in [5, 5.41) is 7.55. The van der Waals surface area contributed by atoms with Crippen LogP contribution in [0, 0.1) is 0 Å². The predicted octanol–water partition coefficient (Wildman–Crippen LogP) is 2.54. The number of aromatic nitrogens is 2. The molecule has 6 heteroatoms. The number of hydrogen-bond donors (Lipinski definition) is 1. The lowest BCUT2D eigenvalue weighted by Crippen LogP contribution is -2.32. The number of likely N-dealkylation sites (N-methyl/N-ethyl adjacent to an activating group) is 1. The molecule has 0 saturated carbocycles. The largest absolute Gasteiger partial charge is 0.367 e. The third kappa shape index (κ3) is 2.87. The minimum atomic E-state index is -0.405. The zero-order valence-electron chi connectivity index (χ0n) is 12.8. The fourth-order valence-corrected chi connectivity index (χ4v) is 4.18. The molecular formula is C14H25N3O2S. The molecule has 1 aliphatic rings. The maximum atomic E-state index is 5.94. The Kier molecular flexibility index (Phi) is 5.46. The van der Waals surface area contributed by atoms with Crippen LogP contribution >= 0.6 is 11.8 Å². The minimum absolute atomic E-state index is 0.305. The van der Waals surface area contributed by atoms with E-state index in [1.165, 1.54) is 0 Å². The molecule has 2 atom stereocenters. The van der Waals surface area contributed by atoms with E-state index in [1.54, 1.807) is 0 Å². The van der Waals surface area contributed by atoms with E-state index in [-0.39, 0.29) is 0 Å². The first-order chi connectivity index (χ1) is 9.70. The van der Waals surface area contributed by atoms with Crippen LogP contribution in [-0.4, -0.2) is 41.3 Å². The van der Waals surface area contributed by atoms with Crippen molar-refractivity contribution in [2.45, 2.75) is 51.2 Å². The van der Waals surface area contributed by atoms with Gasteiger partial charge < -0.3 is 14.6 Å². The molecule has 1 fully saturated rings. The van der Waals surface area contributed by atoms with Gasteiger partial charge in [0.25, 0.3) is 0 Å². The summed E-state index contributed by atoms with van der Waals surface area (Å²) in [6.07, 6.45) is 1.70. The van der Waals surface area contributed by atoms with Crippen LogP contribution in [0.15, 0.2) is 4.52 Å². The number of hydrogen-bond acceptors (Lipinski definition) is 6. The van der Waals surface area contributed by atoms with Crippen LogP contribution in [0.5, 0.6) is 0 Å². The normalized spacial score (nSPS) is 23.4. The highest BCUT2D eigenvalue weighted by Crippen LogP contribution is 2.35. The van der Waals surface area contributed by atoms with E-state index in [2.05, 4.69) is 29.3 Å². The van der Waals surface area contributed by atoms with Crippen molar-refractivity contribution in [1.82, 2.24) is 15.5 Å². The van der Waals surface area contributed by atoms with Gasteiger partial charge in [0, 0.05) is 24.2 Å². The molecule has 0 radical (unpaired) electrons. The van der Waals surface area contributed by atoms with Gasteiger partial charge in [0.1, 0.15) is 5.60 Å². The van der Waals surface area contributed by atoms with Gasteiger partial charge in [-0.1, -0.05) is 19.0 Å². The molecule has 0 aliphatic carbocycles. The predicted molar refractivity (Wildman–Crippen MR) is 81.1 cm³/mol. The molecule has 5 nitrogen and oxygen atoms in total. The van der Waals surface area contributed by atoms with Gasteiger partial charge in [-0.15, -0.1) is 0 Å². The Morgan fingerprint density at radius 3 is 2.70 bits per heavy atom. The first-order valence-electron chi connectivity index (χ1n) is 7.43. The monoisotopic (exact) mass is 299 g/mol. The Labute approximate surface area is 125 Å². The molecule has 2 unspecified atom stereocenters. The maximum Gasteiger partial charge on any atom is 0.232 e. The minimum Gasteiger partial charge on any atom is -0.367 e. The lowest BCUT2D eigenvalue weighted by atomic mass is 9.96. The van der Waals surface area contributed by atoms with Crippen molar-refractivity contribution in [3.8, 4) is 0 Å². The van der Waals surface area contributed by atoms with Gasteiger partial charge in [0.2, 0.25) is 11.7 Å². The molecule has 2 rings (SSSR count). The van der Waals surface area contributed by atoms with E-state index in [9.17, 15) is 0 Å². The van der Waals surface area contributed by atoms with E-state index < -0.39 is 5.60 Å². The van der Waals surface area contributed by atoms with E-state index >= 15 is 0 Å². The summed E-state index contributed by atoms with van der Waals surface area (Å²) in [7, 11) is 1.99. The summed E-state index contributed by atoms with van der Waals surface area (Å²) in [6, 6.07) is 0.415. The van der Waals surface area contributed by atoms with Crippen molar-refractivity contribution >= 4 is 11.8 Å². The maximum absolute atomic E-state index is 5.94.